The normalized spacial score (nSPS) is 12.2. The van der Waals surface area contributed by atoms with Crippen molar-refractivity contribution < 1.29 is 4.74 Å². The largest absolute Gasteiger partial charge is 0.385 e. The van der Waals surface area contributed by atoms with Crippen molar-refractivity contribution in [2.45, 2.75) is 33.2 Å². The number of hydrogen-bond donors (Lipinski definition) is 2. The van der Waals surface area contributed by atoms with Crippen LogP contribution in [0.25, 0.3) is 0 Å². The minimum absolute atomic E-state index is 0.332. The van der Waals surface area contributed by atoms with E-state index in [-0.39, 0.29) is 0 Å². The maximum Gasteiger partial charge on any atom is 0.224 e. The Bertz CT molecular complexity index is 343. The number of hydrogen-bond acceptors (Lipinski definition) is 5. The van der Waals surface area contributed by atoms with Crippen LogP contribution in [-0.4, -0.2) is 36.3 Å². The first-order chi connectivity index (χ1) is 8.15. The van der Waals surface area contributed by atoms with Crippen LogP contribution in [0.4, 0.5) is 11.8 Å². The lowest BCUT2D eigenvalue weighted by molar-refractivity contribution is 0.191. The highest BCUT2D eigenvalue weighted by molar-refractivity contribution is 5.42. The highest BCUT2D eigenvalue weighted by atomic mass is 16.5. The molecule has 1 atom stereocenters. The summed E-state index contributed by atoms with van der Waals surface area (Å²) in [6, 6.07) is 2.28. The summed E-state index contributed by atoms with van der Waals surface area (Å²) in [7, 11) is 1.71. The molecule has 0 radical (unpaired) electrons. The monoisotopic (exact) mass is 238 g/mol. The molecule has 2 N–H and O–H groups in total. The number of ether oxygens (including phenoxy) is 1. The minimum Gasteiger partial charge on any atom is -0.385 e. The molecule has 0 saturated carbocycles. The summed E-state index contributed by atoms with van der Waals surface area (Å²) in [5, 5.41) is 6.46. The average molecular weight is 238 g/mol. The highest BCUT2D eigenvalue weighted by Crippen LogP contribution is 2.11. The Morgan fingerprint density at radius 3 is 2.82 bits per heavy atom. The predicted octanol–water partition coefficient (Wildman–Crippen LogP) is 2.05. The molecule has 0 fully saturated rings. The van der Waals surface area contributed by atoms with Crippen molar-refractivity contribution in [3.05, 3.63) is 11.8 Å². The molecule has 0 saturated heterocycles. The second-order valence-corrected chi connectivity index (χ2v) is 4.08. The van der Waals surface area contributed by atoms with E-state index in [9.17, 15) is 0 Å². The fourth-order valence-corrected chi connectivity index (χ4v) is 1.50. The van der Waals surface area contributed by atoms with E-state index >= 15 is 0 Å². The molecule has 0 aliphatic heterocycles. The van der Waals surface area contributed by atoms with Crippen LogP contribution in [0.1, 0.15) is 26.0 Å². The fraction of sp³-hybridized carbons (Fsp3) is 0.667. The molecule has 1 heterocycles. The van der Waals surface area contributed by atoms with Gasteiger partial charge < -0.3 is 15.4 Å². The average Bonchev–Trinajstić information content (AvgIpc) is 2.26. The number of aryl methyl sites for hydroxylation is 1. The molecule has 5 heteroatoms. The van der Waals surface area contributed by atoms with E-state index in [4.69, 9.17) is 4.74 Å². The van der Waals surface area contributed by atoms with Crippen LogP contribution in [-0.2, 0) is 4.74 Å². The molecule has 0 bridgehead atoms. The standard InChI is InChI=1S/C12H22N4O/c1-5-13-12-15-10(3)8-11(16-12)14-9(2)6-7-17-4/h8-9H,5-7H2,1-4H3,(H2,13,14,15,16). The van der Waals surface area contributed by atoms with E-state index in [0.717, 1.165) is 31.1 Å². The maximum atomic E-state index is 5.05. The van der Waals surface area contributed by atoms with E-state index < -0.39 is 0 Å². The van der Waals surface area contributed by atoms with Crippen LogP contribution in [0, 0.1) is 6.92 Å². The predicted molar refractivity (Wildman–Crippen MR) is 70.5 cm³/mol. The van der Waals surface area contributed by atoms with Crippen molar-refractivity contribution in [2.24, 2.45) is 0 Å². The van der Waals surface area contributed by atoms with Gasteiger partial charge in [-0.2, -0.15) is 4.98 Å². The van der Waals surface area contributed by atoms with E-state index in [1.54, 1.807) is 7.11 Å². The van der Waals surface area contributed by atoms with Crippen LogP contribution in [0.5, 0.6) is 0 Å². The van der Waals surface area contributed by atoms with Gasteiger partial charge in [0, 0.05) is 38.1 Å². The third-order valence-corrected chi connectivity index (χ3v) is 2.34. The van der Waals surface area contributed by atoms with E-state index in [2.05, 4.69) is 27.5 Å². The van der Waals surface area contributed by atoms with Crippen molar-refractivity contribution in [2.75, 3.05) is 30.9 Å². The van der Waals surface area contributed by atoms with Gasteiger partial charge in [-0.1, -0.05) is 0 Å². The first-order valence-electron chi connectivity index (χ1n) is 6.00. The molecule has 1 unspecified atom stereocenters. The summed E-state index contributed by atoms with van der Waals surface area (Å²) in [5.41, 5.74) is 0.956. The van der Waals surface area contributed by atoms with Gasteiger partial charge in [-0.3, -0.25) is 0 Å². The van der Waals surface area contributed by atoms with Gasteiger partial charge >= 0.3 is 0 Å². The lowest BCUT2D eigenvalue weighted by Gasteiger charge is -2.15. The van der Waals surface area contributed by atoms with Crippen LogP contribution in [0.15, 0.2) is 6.07 Å². The number of nitrogens with zero attached hydrogens (tertiary/aromatic N) is 2. The van der Waals surface area contributed by atoms with Crippen LogP contribution < -0.4 is 10.6 Å². The van der Waals surface area contributed by atoms with Gasteiger partial charge in [0.1, 0.15) is 5.82 Å². The van der Waals surface area contributed by atoms with E-state index in [0.29, 0.717) is 12.0 Å². The van der Waals surface area contributed by atoms with Gasteiger partial charge in [-0.15, -0.1) is 0 Å². The van der Waals surface area contributed by atoms with E-state index in [1.807, 2.05) is 19.9 Å². The molecule has 1 aromatic heterocycles. The third-order valence-electron chi connectivity index (χ3n) is 2.34. The number of methoxy groups -OCH3 is 1. The molecule has 1 aromatic rings. The second kappa shape index (κ2) is 7.06. The fourth-order valence-electron chi connectivity index (χ4n) is 1.50. The summed E-state index contributed by atoms with van der Waals surface area (Å²) in [6.07, 6.45) is 0.954. The summed E-state index contributed by atoms with van der Waals surface area (Å²) in [6.45, 7) is 7.68. The Hall–Kier alpha value is -1.36. The number of rotatable bonds is 7. The molecule has 0 aliphatic rings. The lowest BCUT2D eigenvalue weighted by atomic mass is 10.2. The van der Waals surface area contributed by atoms with Crippen molar-refractivity contribution in [1.29, 1.82) is 0 Å². The number of nitrogens with one attached hydrogen (secondary N) is 2. The van der Waals surface area contributed by atoms with Gasteiger partial charge in [-0.25, -0.2) is 4.98 Å². The van der Waals surface area contributed by atoms with Gasteiger partial charge in [0.15, 0.2) is 0 Å². The number of anilines is 2. The zero-order valence-corrected chi connectivity index (χ0v) is 11.1. The molecule has 5 nitrogen and oxygen atoms in total. The topological polar surface area (TPSA) is 59.1 Å². The Kier molecular flexibility index (Phi) is 5.69. The van der Waals surface area contributed by atoms with Crippen molar-refractivity contribution in [3.8, 4) is 0 Å². The Balaban J connectivity index is 2.63. The number of aromatic nitrogens is 2. The summed E-state index contributed by atoms with van der Waals surface area (Å²) in [4.78, 5) is 8.70. The Morgan fingerprint density at radius 1 is 1.41 bits per heavy atom. The molecule has 0 aromatic carbocycles. The quantitative estimate of drug-likeness (QED) is 0.761. The Labute approximate surface area is 103 Å². The summed E-state index contributed by atoms with van der Waals surface area (Å²) in [5.74, 6) is 1.53. The molecular formula is C12H22N4O. The van der Waals surface area contributed by atoms with Gasteiger partial charge in [0.05, 0.1) is 0 Å². The van der Waals surface area contributed by atoms with Crippen molar-refractivity contribution >= 4 is 11.8 Å². The first-order valence-corrected chi connectivity index (χ1v) is 6.00. The molecule has 0 aliphatic carbocycles. The lowest BCUT2D eigenvalue weighted by Crippen LogP contribution is -2.18. The van der Waals surface area contributed by atoms with Gasteiger partial charge in [0.25, 0.3) is 0 Å². The van der Waals surface area contributed by atoms with Gasteiger partial charge in [0.2, 0.25) is 5.95 Å². The van der Waals surface area contributed by atoms with Crippen molar-refractivity contribution in [1.82, 2.24) is 9.97 Å². The molecule has 17 heavy (non-hydrogen) atoms. The first kappa shape index (κ1) is 13.7. The molecular weight excluding hydrogens is 216 g/mol. The summed E-state index contributed by atoms with van der Waals surface area (Å²) < 4.78 is 5.05. The molecule has 0 amide bonds. The third kappa shape index (κ3) is 4.99. The zero-order valence-electron chi connectivity index (χ0n) is 11.1. The Morgan fingerprint density at radius 2 is 2.18 bits per heavy atom. The smallest absolute Gasteiger partial charge is 0.224 e. The van der Waals surface area contributed by atoms with Crippen molar-refractivity contribution in [3.63, 3.8) is 0 Å². The van der Waals surface area contributed by atoms with Crippen LogP contribution >= 0.6 is 0 Å². The SMILES string of the molecule is CCNc1nc(C)cc(NC(C)CCOC)n1. The molecule has 0 spiro atoms. The minimum atomic E-state index is 0.332. The summed E-state index contributed by atoms with van der Waals surface area (Å²) >= 11 is 0. The molecule has 96 valence electrons. The highest BCUT2D eigenvalue weighted by Gasteiger charge is 2.05. The van der Waals surface area contributed by atoms with E-state index in [1.165, 1.54) is 0 Å². The van der Waals surface area contributed by atoms with Gasteiger partial charge in [-0.05, 0) is 27.2 Å². The van der Waals surface area contributed by atoms with Crippen LogP contribution in [0.3, 0.4) is 0 Å². The zero-order chi connectivity index (χ0) is 12.7. The maximum absolute atomic E-state index is 5.05. The second-order valence-electron chi connectivity index (χ2n) is 4.08. The van der Waals surface area contributed by atoms with Crippen LogP contribution in [0.2, 0.25) is 0 Å². The molecule has 1 rings (SSSR count).